The van der Waals surface area contributed by atoms with Crippen LogP contribution < -0.4 is 11.3 Å². The van der Waals surface area contributed by atoms with E-state index in [0.717, 1.165) is 22.5 Å². The molecule has 0 aliphatic rings. The first-order valence-corrected chi connectivity index (χ1v) is 8.52. The van der Waals surface area contributed by atoms with E-state index in [0.29, 0.717) is 6.54 Å². The molecule has 1 aromatic heterocycles. The van der Waals surface area contributed by atoms with E-state index in [9.17, 15) is 4.79 Å². The van der Waals surface area contributed by atoms with Crippen molar-refractivity contribution in [2.45, 2.75) is 6.54 Å². The number of rotatable bonds is 4. The van der Waals surface area contributed by atoms with Gasteiger partial charge in [-0.1, -0.05) is 78.9 Å². The molecule has 26 heavy (non-hydrogen) atoms. The maximum absolute atomic E-state index is 13.0. The number of para-hydroxylation sites is 1. The van der Waals surface area contributed by atoms with Crippen LogP contribution in [0.4, 0.5) is 5.69 Å². The molecule has 0 atom stereocenters. The smallest absolute Gasteiger partial charge is 0.291 e. The quantitative estimate of drug-likeness (QED) is 0.611. The third kappa shape index (κ3) is 2.82. The SMILES string of the molecule is Nc1c(-c2ccccc2)n(-c2ccccc2)n(Cc2ccccc2)c1=O. The van der Waals surface area contributed by atoms with E-state index in [2.05, 4.69) is 0 Å². The molecule has 4 heteroatoms. The minimum absolute atomic E-state index is 0.184. The van der Waals surface area contributed by atoms with Crippen molar-refractivity contribution in [3.8, 4) is 16.9 Å². The van der Waals surface area contributed by atoms with Crippen LogP contribution in [0.15, 0.2) is 95.8 Å². The Balaban J connectivity index is 1.98. The molecule has 3 aromatic carbocycles. The second kappa shape index (κ2) is 6.76. The van der Waals surface area contributed by atoms with Gasteiger partial charge in [0.05, 0.1) is 17.9 Å². The molecule has 0 saturated heterocycles. The fourth-order valence-corrected chi connectivity index (χ4v) is 3.18. The maximum atomic E-state index is 13.0. The minimum Gasteiger partial charge on any atom is -0.392 e. The summed E-state index contributed by atoms with van der Waals surface area (Å²) in [5.41, 5.74) is 9.93. The number of nitrogens with zero attached hydrogens (tertiary/aromatic N) is 2. The zero-order valence-corrected chi connectivity index (χ0v) is 14.2. The van der Waals surface area contributed by atoms with E-state index in [1.54, 1.807) is 4.68 Å². The Morgan fingerprint density at radius 3 is 1.88 bits per heavy atom. The van der Waals surface area contributed by atoms with Gasteiger partial charge in [0.1, 0.15) is 5.69 Å². The average molecular weight is 341 g/mol. The predicted molar refractivity (Wildman–Crippen MR) is 105 cm³/mol. The largest absolute Gasteiger partial charge is 0.392 e. The van der Waals surface area contributed by atoms with Gasteiger partial charge in [0.25, 0.3) is 5.56 Å². The number of anilines is 1. The van der Waals surface area contributed by atoms with E-state index < -0.39 is 0 Å². The molecule has 4 nitrogen and oxygen atoms in total. The zero-order valence-electron chi connectivity index (χ0n) is 14.2. The first-order chi connectivity index (χ1) is 12.8. The summed E-state index contributed by atoms with van der Waals surface area (Å²) in [6.07, 6.45) is 0. The van der Waals surface area contributed by atoms with Crippen LogP contribution >= 0.6 is 0 Å². The Labute approximate surface area is 151 Å². The molecule has 128 valence electrons. The number of aromatic nitrogens is 2. The van der Waals surface area contributed by atoms with Crippen LogP contribution in [0.3, 0.4) is 0 Å². The van der Waals surface area contributed by atoms with Crippen LogP contribution in [-0.2, 0) is 6.54 Å². The Bertz CT molecular complexity index is 1070. The molecule has 0 fully saturated rings. The Hall–Kier alpha value is -3.53. The molecule has 4 aromatic rings. The van der Waals surface area contributed by atoms with E-state index in [4.69, 9.17) is 5.73 Å². The summed E-state index contributed by atoms with van der Waals surface area (Å²) in [4.78, 5) is 13.0. The van der Waals surface area contributed by atoms with Gasteiger partial charge < -0.3 is 5.73 Å². The lowest BCUT2D eigenvalue weighted by Gasteiger charge is -2.15. The Morgan fingerprint density at radius 2 is 1.27 bits per heavy atom. The van der Waals surface area contributed by atoms with Crippen LogP contribution in [0.1, 0.15) is 5.56 Å². The lowest BCUT2D eigenvalue weighted by atomic mass is 10.1. The van der Waals surface area contributed by atoms with E-state index in [1.807, 2.05) is 95.7 Å². The summed E-state index contributed by atoms with van der Waals surface area (Å²) < 4.78 is 3.61. The first-order valence-electron chi connectivity index (χ1n) is 8.52. The third-order valence-electron chi connectivity index (χ3n) is 4.40. The molecule has 0 unspecified atom stereocenters. The van der Waals surface area contributed by atoms with Gasteiger partial charge >= 0.3 is 0 Å². The van der Waals surface area contributed by atoms with Gasteiger partial charge in [-0.2, -0.15) is 0 Å². The van der Waals surface area contributed by atoms with Gasteiger partial charge in [0, 0.05) is 5.56 Å². The first kappa shape index (κ1) is 16.0. The zero-order chi connectivity index (χ0) is 17.9. The van der Waals surface area contributed by atoms with Crippen LogP contribution in [0.5, 0.6) is 0 Å². The topological polar surface area (TPSA) is 52.9 Å². The summed E-state index contributed by atoms with van der Waals surface area (Å²) in [7, 11) is 0. The molecule has 0 aliphatic carbocycles. The van der Waals surface area contributed by atoms with Crippen molar-refractivity contribution in [3.05, 3.63) is 107 Å². The van der Waals surface area contributed by atoms with Gasteiger partial charge in [-0.15, -0.1) is 0 Å². The number of benzene rings is 3. The van der Waals surface area contributed by atoms with Crippen LogP contribution in [-0.4, -0.2) is 9.36 Å². The van der Waals surface area contributed by atoms with Crippen molar-refractivity contribution >= 4 is 5.69 Å². The van der Waals surface area contributed by atoms with Gasteiger partial charge in [-0.3, -0.25) is 4.79 Å². The highest BCUT2D eigenvalue weighted by atomic mass is 16.1. The van der Waals surface area contributed by atoms with Crippen molar-refractivity contribution in [2.75, 3.05) is 5.73 Å². The van der Waals surface area contributed by atoms with Gasteiger partial charge in [-0.05, 0) is 17.7 Å². The fourth-order valence-electron chi connectivity index (χ4n) is 3.18. The maximum Gasteiger partial charge on any atom is 0.291 e. The van der Waals surface area contributed by atoms with Gasteiger partial charge in [0.2, 0.25) is 0 Å². The van der Waals surface area contributed by atoms with E-state index in [-0.39, 0.29) is 11.2 Å². The number of nitrogen functional groups attached to an aromatic ring is 1. The van der Waals surface area contributed by atoms with Crippen molar-refractivity contribution in [3.63, 3.8) is 0 Å². The van der Waals surface area contributed by atoms with Gasteiger partial charge in [0.15, 0.2) is 0 Å². The van der Waals surface area contributed by atoms with Crippen molar-refractivity contribution < 1.29 is 0 Å². The number of hydrogen-bond acceptors (Lipinski definition) is 2. The van der Waals surface area contributed by atoms with Crippen molar-refractivity contribution in [1.82, 2.24) is 9.36 Å². The third-order valence-corrected chi connectivity index (χ3v) is 4.40. The minimum atomic E-state index is -0.184. The van der Waals surface area contributed by atoms with E-state index in [1.165, 1.54) is 0 Å². The predicted octanol–water partition coefficient (Wildman–Crippen LogP) is 3.94. The summed E-state index contributed by atoms with van der Waals surface area (Å²) >= 11 is 0. The van der Waals surface area contributed by atoms with Crippen LogP contribution in [0.2, 0.25) is 0 Å². The summed E-state index contributed by atoms with van der Waals surface area (Å²) in [5.74, 6) is 0. The lowest BCUT2D eigenvalue weighted by molar-refractivity contribution is 0.590. The van der Waals surface area contributed by atoms with Crippen LogP contribution in [0.25, 0.3) is 16.9 Å². The molecule has 0 aliphatic heterocycles. The second-order valence-corrected chi connectivity index (χ2v) is 6.12. The summed E-state index contributed by atoms with van der Waals surface area (Å²) in [5, 5.41) is 0. The molecule has 4 rings (SSSR count). The second-order valence-electron chi connectivity index (χ2n) is 6.12. The lowest BCUT2D eigenvalue weighted by Crippen LogP contribution is -2.23. The average Bonchev–Trinajstić information content (AvgIpc) is 2.95. The van der Waals surface area contributed by atoms with Gasteiger partial charge in [-0.25, -0.2) is 9.36 Å². The molecule has 2 N–H and O–H groups in total. The number of hydrogen-bond donors (Lipinski definition) is 1. The fraction of sp³-hybridized carbons (Fsp3) is 0.0455. The Morgan fingerprint density at radius 1 is 0.731 bits per heavy atom. The number of nitrogens with two attached hydrogens (primary N) is 1. The Kier molecular flexibility index (Phi) is 4.15. The van der Waals surface area contributed by atoms with Crippen LogP contribution in [0, 0.1) is 0 Å². The molecule has 0 amide bonds. The molecule has 0 radical (unpaired) electrons. The molecular weight excluding hydrogens is 322 g/mol. The monoisotopic (exact) mass is 341 g/mol. The summed E-state index contributed by atoms with van der Waals surface area (Å²) in [6.45, 7) is 0.450. The highest BCUT2D eigenvalue weighted by Crippen LogP contribution is 2.27. The molecule has 1 heterocycles. The molecule has 0 saturated carbocycles. The standard InChI is InChI=1S/C22H19N3O/c23-20-21(18-12-6-2-7-13-18)25(19-14-8-3-9-15-19)24(22(20)26)16-17-10-4-1-5-11-17/h1-15H,16,23H2. The van der Waals surface area contributed by atoms with E-state index >= 15 is 0 Å². The van der Waals surface area contributed by atoms with Crippen molar-refractivity contribution in [1.29, 1.82) is 0 Å². The highest BCUT2D eigenvalue weighted by Gasteiger charge is 2.20. The van der Waals surface area contributed by atoms with Crippen molar-refractivity contribution in [2.24, 2.45) is 0 Å². The molecule has 0 spiro atoms. The normalized spacial score (nSPS) is 10.8. The molecule has 0 bridgehead atoms. The summed E-state index contributed by atoms with van der Waals surface area (Å²) in [6, 6.07) is 29.5. The highest BCUT2D eigenvalue weighted by molar-refractivity contribution is 5.74. The molecular formula is C22H19N3O.